The van der Waals surface area contributed by atoms with Crippen LogP contribution in [0, 0.1) is 6.92 Å². The number of nitrogens with one attached hydrogen (secondary N) is 1. The van der Waals surface area contributed by atoms with E-state index in [0.717, 1.165) is 0 Å². The van der Waals surface area contributed by atoms with E-state index in [9.17, 15) is 14.7 Å². The molecule has 0 bridgehead atoms. The second-order valence-electron chi connectivity index (χ2n) is 5.42. The Morgan fingerprint density at radius 1 is 1.33 bits per heavy atom. The van der Waals surface area contributed by atoms with Gasteiger partial charge in [-0.2, -0.15) is 0 Å². The first kappa shape index (κ1) is 17.6. The Kier molecular flexibility index (Phi) is 5.63. The van der Waals surface area contributed by atoms with Crippen molar-refractivity contribution in [2.24, 2.45) is 0 Å². The fourth-order valence-electron chi connectivity index (χ4n) is 2.65. The van der Waals surface area contributed by atoms with Gasteiger partial charge in [-0.25, -0.2) is 0 Å². The number of hydrogen-bond acceptors (Lipinski definition) is 5. The van der Waals surface area contributed by atoms with Crippen LogP contribution in [0.5, 0.6) is 11.5 Å². The lowest BCUT2D eigenvalue weighted by Gasteiger charge is -2.18. The van der Waals surface area contributed by atoms with Gasteiger partial charge in [-0.05, 0) is 37.6 Å². The van der Waals surface area contributed by atoms with Gasteiger partial charge in [0.2, 0.25) is 0 Å². The van der Waals surface area contributed by atoms with E-state index in [0.29, 0.717) is 17.0 Å². The number of methoxy groups -OCH3 is 1. The molecule has 2 aromatic rings. The van der Waals surface area contributed by atoms with Gasteiger partial charge in [0.15, 0.2) is 0 Å². The van der Waals surface area contributed by atoms with E-state index in [4.69, 9.17) is 9.47 Å². The highest BCUT2D eigenvalue weighted by atomic mass is 16.5. The summed E-state index contributed by atoms with van der Waals surface area (Å²) in [6.45, 7) is 3.64. The third-order valence-electron chi connectivity index (χ3n) is 3.71. The predicted octanol–water partition coefficient (Wildman–Crippen LogP) is 2.48. The summed E-state index contributed by atoms with van der Waals surface area (Å²) in [6.07, 6.45) is -0.0549. The predicted molar refractivity (Wildman–Crippen MR) is 89.6 cm³/mol. The summed E-state index contributed by atoms with van der Waals surface area (Å²) < 4.78 is 10.2. The van der Waals surface area contributed by atoms with Gasteiger partial charge in [0.25, 0.3) is 5.56 Å². The van der Waals surface area contributed by atoms with Crippen molar-refractivity contribution in [2.75, 3.05) is 13.7 Å². The SMILES string of the molecule is CCOC(=O)C[C@H](c1cccc(OC)c1)c1c(O)cc(C)[nH]c1=O. The number of H-pyrrole nitrogens is 1. The van der Waals surface area contributed by atoms with Gasteiger partial charge in [-0.15, -0.1) is 0 Å². The molecule has 0 spiro atoms. The number of aromatic nitrogens is 1. The number of aromatic hydroxyl groups is 1. The number of carbonyl (C=O) groups excluding carboxylic acids is 1. The van der Waals surface area contributed by atoms with E-state index in [1.54, 1.807) is 38.1 Å². The summed E-state index contributed by atoms with van der Waals surface area (Å²) in [7, 11) is 1.54. The maximum atomic E-state index is 12.4. The number of rotatable bonds is 6. The zero-order chi connectivity index (χ0) is 17.7. The van der Waals surface area contributed by atoms with Crippen molar-refractivity contribution in [1.29, 1.82) is 0 Å². The largest absolute Gasteiger partial charge is 0.507 e. The quantitative estimate of drug-likeness (QED) is 0.794. The number of carbonyl (C=O) groups is 1. The molecule has 0 aliphatic heterocycles. The second kappa shape index (κ2) is 7.68. The minimum atomic E-state index is -0.636. The normalized spacial score (nSPS) is 11.8. The molecule has 0 saturated carbocycles. The molecule has 0 amide bonds. The molecule has 2 N–H and O–H groups in total. The first-order valence-corrected chi connectivity index (χ1v) is 7.68. The molecule has 1 atom stereocenters. The van der Waals surface area contributed by atoms with Crippen molar-refractivity contribution in [3.05, 3.63) is 57.5 Å². The lowest BCUT2D eigenvalue weighted by Crippen LogP contribution is -2.21. The third kappa shape index (κ3) is 3.95. The van der Waals surface area contributed by atoms with Crippen molar-refractivity contribution < 1.29 is 19.4 Å². The first-order chi connectivity index (χ1) is 11.5. The number of esters is 1. The van der Waals surface area contributed by atoms with Crippen LogP contribution in [-0.4, -0.2) is 29.8 Å². The molecule has 0 saturated heterocycles. The molecule has 0 aliphatic rings. The third-order valence-corrected chi connectivity index (χ3v) is 3.71. The van der Waals surface area contributed by atoms with Crippen LogP contribution in [0.1, 0.15) is 36.1 Å². The summed E-state index contributed by atoms with van der Waals surface area (Å²) in [5.74, 6) is -0.619. The van der Waals surface area contributed by atoms with Crippen LogP contribution in [-0.2, 0) is 9.53 Å². The van der Waals surface area contributed by atoms with Crippen molar-refractivity contribution in [3.8, 4) is 11.5 Å². The molecule has 6 nitrogen and oxygen atoms in total. The molecule has 24 heavy (non-hydrogen) atoms. The molecular formula is C18H21NO5. The standard InChI is InChI=1S/C18H21NO5/c1-4-24-16(21)10-14(12-6-5-7-13(9-12)23-3)17-15(20)8-11(2)19-18(17)22/h5-9,14H,4,10H2,1-3H3,(H2,19,20,22)/t14-/m1/s1. The Morgan fingerprint density at radius 2 is 2.08 bits per heavy atom. The first-order valence-electron chi connectivity index (χ1n) is 7.68. The minimum Gasteiger partial charge on any atom is -0.507 e. The summed E-state index contributed by atoms with van der Waals surface area (Å²) in [6, 6.07) is 8.53. The topological polar surface area (TPSA) is 88.6 Å². The van der Waals surface area contributed by atoms with E-state index in [1.165, 1.54) is 13.2 Å². The van der Waals surface area contributed by atoms with Gasteiger partial charge in [-0.1, -0.05) is 12.1 Å². The average Bonchev–Trinajstić information content (AvgIpc) is 2.53. The van der Waals surface area contributed by atoms with Crippen LogP contribution in [0.3, 0.4) is 0 Å². The van der Waals surface area contributed by atoms with E-state index in [1.807, 2.05) is 0 Å². The average molecular weight is 331 g/mol. The van der Waals surface area contributed by atoms with Crippen LogP contribution in [0.2, 0.25) is 0 Å². The van der Waals surface area contributed by atoms with Crippen LogP contribution in [0.15, 0.2) is 35.1 Å². The molecule has 0 fully saturated rings. The Hall–Kier alpha value is -2.76. The minimum absolute atomic E-state index is 0.0549. The summed E-state index contributed by atoms with van der Waals surface area (Å²) in [5, 5.41) is 10.3. The van der Waals surface area contributed by atoms with E-state index in [2.05, 4.69) is 4.98 Å². The molecular weight excluding hydrogens is 310 g/mol. The Morgan fingerprint density at radius 3 is 2.71 bits per heavy atom. The Balaban J connectivity index is 2.54. The summed E-state index contributed by atoms with van der Waals surface area (Å²) in [4.78, 5) is 27.0. The summed E-state index contributed by atoms with van der Waals surface area (Å²) >= 11 is 0. The van der Waals surface area contributed by atoms with E-state index in [-0.39, 0.29) is 24.3 Å². The number of aromatic amines is 1. The molecule has 1 aromatic heterocycles. The van der Waals surface area contributed by atoms with Gasteiger partial charge in [0.05, 0.1) is 25.7 Å². The van der Waals surface area contributed by atoms with Gasteiger partial charge in [0.1, 0.15) is 11.5 Å². The highest BCUT2D eigenvalue weighted by Crippen LogP contribution is 2.33. The highest BCUT2D eigenvalue weighted by molar-refractivity contribution is 5.71. The fourth-order valence-corrected chi connectivity index (χ4v) is 2.65. The fraction of sp³-hybridized carbons (Fsp3) is 0.333. The van der Waals surface area contributed by atoms with Crippen molar-refractivity contribution in [3.63, 3.8) is 0 Å². The van der Waals surface area contributed by atoms with Crippen LogP contribution < -0.4 is 10.3 Å². The van der Waals surface area contributed by atoms with E-state index < -0.39 is 17.4 Å². The molecule has 0 aliphatic carbocycles. The zero-order valence-corrected chi connectivity index (χ0v) is 14.0. The smallest absolute Gasteiger partial charge is 0.306 e. The molecule has 0 radical (unpaired) electrons. The zero-order valence-electron chi connectivity index (χ0n) is 14.0. The molecule has 6 heteroatoms. The number of pyridine rings is 1. The summed E-state index contributed by atoms with van der Waals surface area (Å²) in [5.41, 5.74) is 0.945. The monoisotopic (exact) mass is 331 g/mol. The van der Waals surface area contributed by atoms with Crippen molar-refractivity contribution in [1.82, 2.24) is 4.98 Å². The van der Waals surface area contributed by atoms with Crippen LogP contribution in [0.25, 0.3) is 0 Å². The van der Waals surface area contributed by atoms with E-state index >= 15 is 0 Å². The number of benzene rings is 1. The van der Waals surface area contributed by atoms with Crippen molar-refractivity contribution >= 4 is 5.97 Å². The lowest BCUT2D eigenvalue weighted by atomic mass is 9.88. The van der Waals surface area contributed by atoms with Crippen LogP contribution in [0.4, 0.5) is 0 Å². The number of ether oxygens (including phenoxy) is 2. The second-order valence-corrected chi connectivity index (χ2v) is 5.42. The Bertz CT molecular complexity index is 781. The lowest BCUT2D eigenvalue weighted by molar-refractivity contribution is -0.143. The number of aryl methyl sites for hydroxylation is 1. The molecule has 128 valence electrons. The number of hydrogen-bond donors (Lipinski definition) is 2. The maximum absolute atomic E-state index is 12.4. The molecule has 1 aromatic carbocycles. The highest BCUT2D eigenvalue weighted by Gasteiger charge is 2.25. The molecule has 0 unspecified atom stereocenters. The van der Waals surface area contributed by atoms with Crippen molar-refractivity contribution in [2.45, 2.75) is 26.2 Å². The van der Waals surface area contributed by atoms with Crippen LogP contribution >= 0.6 is 0 Å². The molecule has 2 rings (SSSR count). The van der Waals surface area contributed by atoms with Gasteiger partial charge in [-0.3, -0.25) is 9.59 Å². The van der Waals surface area contributed by atoms with Gasteiger partial charge < -0.3 is 19.6 Å². The Labute approximate surface area is 140 Å². The van der Waals surface area contributed by atoms with Gasteiger partial charge in [0, 0.05) is 11.6 Å². The maximum Gasteiger partial charge on any atom is 0.306 e. The van der Waals surface area contributed by atoms with Gasteiger partial charge >= 0.3 is 5.97 Å². The molecule has 1 heterocycles.